The van der Waals surface area contributed by atoms with Crippen molar-refractivity contribution in [2.75, 3.05) is 40.5 Å². The molecule has 0 atom stereocenters. The minimum Gasteiger partial charge on any atom is -0.497 e. The molecule has 108 valence electrons. The van der Waals surface area contributed by atoms with Crippen LogP contribution in [-0.2, 0) is 4.74 Å². The van der Waals surface area contributed by atoms with E-state index in [2.05, 4.69) is 10.6 Å². The lowest BCUT2D eigenvalue weighted by atomic mass is 10.2. The average Bonchev–Trinajstić information content (AvgIpc) is 2.42. The highest BCUT2D eigenvalue weighted by Crippen LogP contribution is 2.11. The van der Waals surface area contributed by atoms with E-state index in [-0.39, 0.29) is 18.3 Å². The zero-order chi connectivity index (χ0) is 13.2. The summed E-state index contributed by atoms with van der Waals surface area (Å²) in [4.78, 5) is 11.8. The van der Waals surface area contributed by atoms with Gasteiger partial charge in [-0.15, -0.1) is 12.4 Å². The molecule has 0 aliphatic rings. The van der Waals surface area contributed by atoms with Gasteiger partial charge in [-0.2, -0.15) is 0 Å². The van der Waals surface area contributed by atoms with E-state index >= 15 is 0 Å². The third kappa shape index (κ3) is 7.00. The Kier molecular flexibility index (Phi) is 9.88. The Bertz CT molecular complexity index is 375. The second-order valence-corrected chi connectivity index (χ2v) is 3.73. The number of rotatable bonds is 8. The summed E-state index contributed by atoms with van der Waals surface area (Å²) < 4.78 is 9.97. The average molecular weight is 289 g/mol. The summed E-state index contributed by atoms with van der Waals surface area (Å²) in [6.45, 7) is 2.76. The first kappa shape index (κ1) is 17.7. The van der Waals surface area contributed by atoms with Crippen LogP contribution in [0.2, 0.25) is 0 Å². The fourth-order valence-corrected chi connectivity index (χ4v) is 1.43. The fourth-order valence-electron chi connectivity index (χ4n) is 1.43. The Hall–Kier alpha value is -1.30. The molecule has 1 amide bonds. The highest BCUT2D eigenvalue weighted by atomic mass is 35.5. The Balaban J connectivity index is 0.00000324. The molecule has 0 bridgehead atoms. The van der Waals surface area contributed by atoms with Gasteiger partial charge in [0.25, 0.3) is 5.91 Å². The van der Waals surface area contributed by atoms with Crippen LogP contribution in [0.25, 0.3) is 0 Å². The van der Waals surface area contributed by atoms with Crippen molar-refractivity contribution < 1.29 is 14.3 Å². The molecule has 0 saturated heterocycles. The van der Waals surface area contributed by atoms with Gasteiger partial charge in [0.15, 0.2) is 0 Å². The van der Waals surface area contributed by atoms with Gasteiger partial charge in [0, 0.05) is 32.3 Å². The van der Waals surface area contributed by atoms with E-state index in [0.29, 0.717) is 24.5 Å². The standard InChI is InChI=1S/C13H20N2O3.ClH/c1-17-9-8-14-6-7-15-13(16)11-4-3-5-12(10-11)18-2;/h3-5,10,14H,6-9H2,1-2H3,(H,15,16);1H. The third-order valence-corrected chi connectivity index (χ3v) is 2.40. The molecule has 0 heterocycles. The quantitative estimate of drug-likeness (QED) is 0.703. The van der Waals surface area contributed by atoms with Crippen molar-refractivity contribution in [1.82, 2.24) is 10.6 Å². The summed E-state index contributed by atoms with van der Waals surface area (Å²) in [5, 5.41) is 5.98. The molecule has 0 aliphatic carbocycles. The second-order valence-electron chi connectivity index (χ2n) is 3.73. The molecule has 1 aromatic rings. The largest absolute Gasteiger partial charge is 0.497 e. The van der Waals surface area contributed by atoms with Crippen LogP contribution < -0.4 is 15.4 Å². The van der Waals surface area contributed by atoms with Crippen LogP contribution in [0.1, 0.15) is 10.4 Å². The zero-order valence-electron chi connectivity index (χ0n) is 11.3. The van der Waals surface area contributed by atoms with Crippen LogP contribution in [0, 0.1) is 0 Å². The van der Waals surface area contributed by atoms with Gasteiger partial charge in [0.2, 0.25) is 0 Å². The molecule has 1 rings (SSSR count). The monoisotopic (exact) mass is 288 g/mol. The van der Waals surface area contributed by atoms with E-state index in [1.165, 1.54) is 0 Å². The number of benzene rings is 1. The smallest absolute Gasteiger partial charge is 0.251 e. The number of ether oxygens (including phenoxy) is 2. The Morgan fingerprint density at radius 1 is 1.21 bits per heavy atom. The lowest BCUT2D eigenvalue weighted by Gasteiger charge is -2.07. The van der Waals surface area contributed by atoms with Gasteiger partial charge in [-0.05, 0) is 18.2 Å². The number of halogens is 1. The van der Waals surface area contributed by atoms with Crippen molar-refractivity contribution in [3.63, 3.8) is 0 Å². The van der Waals surface area contributed by atoms with Gasteiger partial charge in [-0.3, -0.25) is 4.79 Å². The first-order chi connectivity index (χ1) is 8.77. The molecule has 0 fully saturated rings. The number of carbonyl (C=O) groups excluding carboxylic acids is 1. The maximum Gasteiger partial charge on any atom is 0.251 e. The minimum absolute atomic E-state index is 0. The first-order valence-corrected chi connectivity index (χ1v) is 5.90. The topological polar surface area (TPSA) is 59.6 Å². The molecule has 0 radical (unpaired) electrons. The highest BCUT2D eigenvalue weighted by Gasteiger charge is 2.05. The van der Waals surface area contributed by atoms with Gasteiger partial charge < -0.3 is 20.1 Å². The van der Waals surface area contributed by atoms with Crippen LogP contribution in [0.15, 0.2) is 24.3 Å². The van der Waals surface area contributed by atoms with Gasteiger partial charge in [0.05, 0.1) is 13.7 Å². The van der Waals surface area contributed by atoms with Crippen LogP contribution >= 0.6 is 12.4 Å². The van der Waals surface area contributed by atoms with Crippen LogP contribution in [0.4, 0.5) is 0 Å². The number of amides is 1. The molecule has 0 aromatic heterocycles. The molecule has 5 nitrogen and oxygen atoms in total. The first-order valence-electron chi connectivity index (χ1n) is 5.90. The van der Waals surface area contributed by atoms with E-state index in [9.17, 15) is 4.79 Å². The molecule has 1 aromatic carbocycles. The van der Waals surface area contributed by atoms with Crippen LogP contribution in [-0.4, -0.2) is 46.4 Å². The summed E-state index contributed by atoms with van der Waals surface area (Å²) >= 11 is 0. The Labute approximate surface area is 120 Å². The summed E-state index contributed by atoms with van der Waals surface area (Å²) in [6, 6.07) is 7.08. The van der Waals surface area contributed by atoms with E-state index in [4.69, 9.17) is 9.47 Å². The van der Waals surface area contributed by atoms with Gasteiger partial charge in [-0.1, -0.05) is 6.07 Å². The summed E-state index contributed by atoms with van der Waals surface area (Å²) in [6.07, 6.45) is 0. The molecule has 0 aliphatic heterocycles. The molecule has 6 heteroatoms. The van der Waals surface area contributed by atoms with Crippen molar-refractivity contribution in [1.29, 1.82) is 0 Å². The van der Waals surface area contributed by atoms with E-state index in [1.54, 1.807) is 32.4 Å². The summed E-state index contributed by atoms with van der Waals surface area (Å²) in [7, 11) is 3.24. The predicted molar refractivity (Wildman–Crippen MR) is 77.3 cm³/mol. The molecule has 0 unspecified atom stereocenters. The second kappa shape index (κ2) is 10.6. The van der Waals surface area contributed by atoms with Crippen molar-refractivity contribution >= 4 is 18.3 Å². The normalized spacial score (nSPS) is 9.58. The maximum atomic E-state index is 11.8. The SMILES string of the molecule is COCCNCCNC(=O)c1cccc(OC)c1.Cl. The molecule has 19 heavy (non-hydrogen) atoms. The lowest BCUT2D eigenvalue weighted by molar-refractivity contribution is 0.0953. The van der Waals surface area contributed by atoms with E-state index in [1.807, 2.05) is 6.07 Å². The lowest BCUT2D eigenvalue weighted by Crippen LogP contribution is -2.33. The fraction of sp³-hybridized carbons (Fsp3) is 0.462. The van der Waals surface area contributed by atoms with Crippen molar-refractivity contribution in [3.05, 3.63) is 29.8 Å². The summed E-state index contributed by atoms with van der Waals surface area (Å²) in [5.74, 6) is 0.586. The van der Waals surface area contributed by atoms with Gasteiger partial charge in [0.1, 0.15) is 5.75 Å². The highest BCUT2D eigenvalue weighted by molar-refractivity contribution is 5.94. The Morgan fingerprint density at radius 2 is 2.00 bits per heavy atom. The van der Waals surface area contributed by atoms with Gasteiger partial charge >= 0.3 is 0 Å². The van der Waals surface area contributed by atoms with Crippen molar-refractivity contribution in [3.8, 4) is 5.75 Å². The maximum absolute atomic E-state index is 11.8. The number of hydrogen-bond donors (Lipinski definition) is 2. The minimum atomic E-state index is -0.0950. The number of methoxy groups -OCH3 is 2. The van der Waals surface area contributed by atoms with Crippen LogP contribution in [0.3, 0.4) is 0 Å². The predicted octanol–water partition coefficient (Wildman–Crippen LogP) is 1.08. The van der Waals surface area contributed by atoms with E-state index < -0.39 is 0 Å². The van der Waals surface area contributed by atoms with Gasteiger partial charge in [-0.25, -0.2) is 0 Å². The third-order valence-electron chi connectivity index (χ3n) is 2.40. The Morgan fingerprint density at radius 3 is 2.68 bits per heavy atom. The molecule has 0 saturated carbocycles. The number of carbonyl (C=O) groups is 1. The van der Waals surface area contributed by atoms with Crippen molar-refractivity contribution in [2.45, 2.75) is 0 Å². The summed E-state index contributed by atoms with van der Waals surface area (Å²) in [5.41, 5.74) is 0.603. The van der Waals surface area contributed by atoms with Crippen molar-refractivity contribution in [2.24, 2.45) is 0 Å². The molecule has 2 N–H and O–H groups in total. The number of nitrogens with one attached hydrogen (secondary N) is 2. The molecular weight excluding hydrogens is 268 g/mol. The molecular formula is C13H21ClN2O3. The number of hydrogen-bond acceptors (Lipinski definition) is 4. The van der Waals surface area contributed by atoms with Crippen LogP contribution in [0.5, 0.6) is 5.75 Å². The molecule has 0 spiro atoms. The van der Waals surface area contributed by atoms with E-state index in [0.717, 1.165) is 13.1 Å². The zero-order valence-corrected chi connectivity index (χ0v) is 12.1.